The minimum Gasteiger partial charge on any atom is -0.505 e. The van der Waals surface area contributed by atoms with Crippen molar-refractivity contribution in [2.75, 3.05) is 11.9 Å². The molecule has 3 heterocycles. The van der Waals surface area contributed by atoms with E-state index in [9.17, 15) is 14.8 Å². The monoisotopic (exact) mass is 448 g/mol. The van der Waals surface area contributed by atoms with Crippen LogP contribution in [0, 0.1) is 5.41 Å². The molecule has 1 unspecified atom stereocenters. The van der Waals surface area contributed by atoms with Gasteiger partial charge in [0.05, 0.1) is 18.0 Å². The summed E-state index contributed by atoms with van der Waals surface area (Å²) in [5, 5.41) is 25.5. The third-order valence-corrected chi connectivity index (χ3v) is 7.05. The minimum atomic E-state index is -3.67. The van der Waals surface area contributed by atoms with Gasteiger partial charge in [0, 0.05) is 18.2 Å². The lowest BCUT2D eigenvalue weighted by molar-refractivity contribution is 0.319. The Labute approximate surface area is 183 Å². The van der Waals surface area contributed by atoms with E-state index < -0.39 is 12.9 Å². The average molecular weight is 449 g/mol. The molecule has 9 heteroatoms. The summed E-state index contributed by atoms with van der Waals surface area (Å²) in [5.41, 5.74) is 1.00. The van der Waals surface area contributed by atoms with E-state index in [0.29, 0.717) is 17.9 Å². The van der Waals surface area contributed by atoms with Gasteiger partial charge in [0.25, 0.3) is 0 Å². The van der Waals surface area contributed by atoms with Gasteiger partial charge in [-0.2, -0.15) is 4.76 Å². The summed E-state index contributed by atoms with van der Waals surface area (Å²) in [5.74, 6) is -0.0962. The van der Waals surface area contributed by atoms with Crippen LogP contribution in [0.2, 0.25) is 0 Å². The van der Waals surface area contributed by atoms with Crippen molar-refractivity contribution in [2.24, 2.45) is 10.2 Å². The molecule has 0 fully saturated rings. The van der Waals surface area contributed by atoms with Crippen molar-refractivity contribution >= 4 is 24.5 Å². The number of amidine groups is 1. The van der Waals surface area contributed by atoms with Crippen molar-refractivity contribution in [3.05, 3.63) is 29.6 Å². The number of anilines is 1. The number of hydrogen-bond acceptors (Lipinski definition) is 6. The van der Waals surface area contributed by atoms with E-state index in [-0.39, 0.29) is 40.5 Å². The molecule has 8 nitrogen and oxygen atoms in total. The van der Waals surface area contributed by atoms with Gasteiger partial charge in [0.2, 0.25) is 5.88 Å². The number of nitrogens with one attached hydrogen (secondary N) is 1. The average Bonchev–Trinajstić information content (AvgIpc) is 2.89. The van der Waals surface area contributed by atoms with Gasteiger partial charge in [-0.05, 0) is 30.9 Å². The van der Waals surface area contributed by atoms with E-state index in [0.717, 1.165) is 6.42 Å². The van der Waals surface area contributed by atoms with E-state index in [1.165, 1.54) is 6.20 Å². The molecule has 31 heavy (non-hydrogen) atoms. The highest BCUT2D eigenvalue weighted by Gasteiger charge is 2.39. The number of aromatic hydroxyl groups is 2. The zero-order valence-corrected chi connectivity index (χ0v) is 20.2. The van der Waals surface area contributed by atoms with E-state index in [1.807, 2.05) is 20.8 Å². The first-order valence-corrected chi connectivity index (χ1v) is 12.1. The molecule has 0 saturated carbocycles. The number of pyridine rings is 1. The predicted octanol–water partition coefficient (Wildman–Crippen LogP) is 4.76. The van der Waals surface area contributed by atoms with E-state index in [1.54, 1.807) is 23.6 Å². The molecule has 1 aliphatic rings. The number of fused-ring (bicyclic) bond motifs is 1. The second-order valence-corrected chi connectivity index (χ2v) is 11.9. The molecule has 2 aromatic rings. The molecule has 0 amide bonds. The van der Waals surface area contributed by atoms with E-state index in [4.69, 9.17) is 4.52 Å². The first-order chi connectivity index (χ1) is 14.3. The summed E-state index contributed by atoms with van der Waals surface area (Å²) in [7, 11) is -3.67. The van der Waals surface area contributed by atoms with Crippen LogP contribution in [-0.4, -0.2) is 32.2 Å². The van der Waals surface area contributed by atoms with Gasteiger partial charge in [0.15, 0.2) is 17.0 Å². The van der Waals surface area contributed by atoms with Crippen molar-refractivity contribution in [2.45, 2.75) is 66.8 Å². The summed E-state index contributed by atoms with van der Waals surface area (Å²) in [4.78, 5) is 4.19. The summed E-state index contributed by atoms with van der Waals surface area (Å²) < 4.78 is 25.1. The Morgan fingerprint density at radius 2 is 1.87 bits per heavy atom. The summed E-state index contributed by atoms with van der Waals surface area (Å²) in [6.45, 7) is 14.7. The van der Waals surface area contributed by atoms with Crippen LogP contribution in [0.3, 0.4) is 0 Å². The van der Waals surface area contributed by atoms with Gasteiger partial charge in [-0.3, -0.25) is 4.57 Å². The van der Waals surface area contributed by atoms with Crippen LogP contribution in [0.1, 0.15) is 66.1 Å². The Morgan fingerprint density at radius 1 is 1.19 bits per heavy atom. The van der Waals surface area contributed by atoms with Gasteiger partial charge >= 0.3 is 7.52 Å². The lowest BCUT2D eigenvalue weighted by Gasteiger charge is -2.25. The largest absolute Gasteiger partial charge is 0.505 e. The second kappa shape index (κ2) is 7.99. The maximum atomic E-state index is 13.5. The number of rotatable bonds is 5. The molecule has 0 spiro atoms. The first kappa shape index (κ1) is 23.4. The molecule has 1 aliphatic heterocycles. The lowest BCUT2D eigenvalue weighted by Crippen LogP contribution is -2.27. The van der Waals surface area contributed by atoms with Gasteiger partial charge < -0.3 is 24.6 Å². The molecule has 3 rings (SSSR count). The maximum Gasteiger partial charge on any atom is 0.366 e. The van der Waals surface area contributed by atoms with Gasteiger partial charge in [0.1, 0.15) is 5.56 Å². The van der Waals surface area contributed by atoms with Crippen molar-refractivity contribution in [1.29, 1.82) is 0 Å². The van der Waals surface area contributed by atoms with Crippen molar-refractivity contribution in [3.8, 4) is 11.6 Å². The quantitative estimate of drug-likeness (QED) is 0.570. The third-order valence-electron chi connectivity index (χ3n) is 5.09. The van der Waals surface area contributed by atoms with Crippen molar-refractivity contribution in [3.63, 3.8) is 0 Å². The Kier molecular flexibility index (Phi) is 6.02. The minimum absolute atomic E-state index is 0.0392. The van der Waals surface area contributed by atoms with Gasteiger partial charge in [-0.1, -0.05) is 41.5 Å². The zero-order valence-electron chi connectivity index (χ0n) is 19.4. The topological polar surface area (TPSA) is 109 Å². The normalized spacial score (nSPS) is 19.0. The molecule has 1 atom stereocenters. The smallest absolute Gasteiger partial charge is 0.366 e. The fourth-order valence-electron chi connectivity index (χ4n) is 3.66. The lowest BCUT2D eigenvalue weighted by atomic mass is 9.89. The SMILES string of the molecule is CCOP1(=O)N=C(c2c(O)c(C(C)(C)C)n(CCC(C)(C)C)c2O)Nc2cccnc21. The van der Waals surface area contributed by atoms with Crippen molar-refractivity contribution < 1.29 is 19.3 Å². The molecule has 170 valence electrons. The van der Waals surface area contributed by atoms with Gasteiger partial charge in [-0.15, -0.1) is 0 Å². The van der Waals surface area contributed by atoms with Crippen LogP contribution in [0.5, 0.6) is 11.6 Å². The summed E-state index contributed by atoms with van der Waals surface area (Å²) >= 11 is 0. The first-order valence-electron chi connectivity index (χ1n) is 10.5. The molecule has 2 aromatic heterocycles. The highest BCUT2D eigenvalue weighted by atomic mass is 31.2. The van der Waals surface area contributed by atoms with Crippen LogP contribution in [0.4, 0.5) is 5.69 Å². The van der Waals surface area contributed by atoms with Crippen molar-refractivity contribution in [1.82, 2.24) is 9.55 Å². The standard InChI is InChI=1S/C22H33N4O4P/c1-8-30-31(29)19-14(10-9-12-23-19)24-18(25-31)15-16(27)17(22(5,6)7)26(20(15)28)13-11-21(2,3)4/h9-10,12,27-28H,8,11,13H2,1-7H3,(H,24,25,29). The second-order valence-electron chi connectivity index (χ2n) is 9.99. The summed E-state index contributed by atoms with van der Waals surface area (Å²) in [6.07, 6.45) is 2.32. The molecule has 0 bridgehead atoms. The Balaban J connectivity index is 2.20. The van der Waals surface area contributed by atoms with Crippen LogP contribution >= 0.6 is 7.52 Å². The highest BCUT2D eigenvalue weighted by molar-refractivity contribution is 7.66. The Hall–Kier alpha value is -2.31. The molecule has 0 saturated heterocycles. The number of hydrogen-bond donors (Lipinski definition) is 3. The Morgan fingerprint density at radius 3 is 2.45 bits per heavy atom. The number of nitrogens with zero attached hydrogens (tertiary/aromatic N) is 3. The van der Waals surface area contributed by atoms with Crippen LogP contribution < -0.4 is 10.8 Å². The maximum absolute atomic E-state index is 13.5. The Bertz CT molecular complexity index is 1060. The zero-order chi connectivity index (χ0) is 23.2. The molecule has 0 aromatic carbocycles. The van der Waals surface area contributed by atoms with Gasteiger partial charge in [-0.25, -0.2) is 4.98 Å². The third kappa shape index (κ3) is 4.51. The molecule has 0 aliphatic carbocycles. The molecule has 0 radical (unpaired) electrons. The number of aromatic nitrogens is 2. The van der Waals surface area contributed by atoms with Crippen LogP contribution in [-0.2, 0) is 21.0 Å². The molecular formula is C22H33N4O4P. The molecular weight excluding hydrogens is 415 g/mol. The van der Waals surface area contributed by atoms with Crippen LogP contribution in [0.25, 0.3) is 0 Å². The summed E-state index contributed by atoms with van der Waals surface area (Å²) in [6, 6.07) is 3.43. The fourth-order valence-corrected chi connectivity index (χ4v) is 5.35. The predicted molar refractivity (Wildman–Crippen MR) is 124 cm³/mol. The van der Waals surface area contributed by atoms with E-state index in [2.05, 4.69) is 35.8 Å². The van der Waals surface area contributed by atoms with E-state index >= 15 is 0 Å². The highest BCUT2D eigenvalue weighted by Crippen LogP contribution is 2.52. The van der Waals surface area contributed by atoms with Crippen LogP contribution in [0.15, 0.2) is 23.1 Å². The molecule has 3 N–H and O–H groups in total. The fraction of sp³-hybridized carbons (Fsp3) is 0.545.